The molecule has 1 N–H and O–H groups in total. The molecule has 1 atom stereocenters. The molecule has 32 heavy (non-hydrogen) atoms. The molecule has 0 aliphatic heterocycles. The second-order valence-corrected chi connectivity index (χ2v) is 9.99. The number of sulfonamides is 1. The van der Waals surface area contributed by atoms with Gasteiger partial charge in [-0.05, 0) is 73.4 Å². The number of carbonyl (C=O) groups is 1. The number of carbonyl (C=O) groups excluding carboxylic acids is 1. The van der Waals surface area contributed by atoms with Crippen LogP contribution in [0.5, 0.6) is 0 Å². The highest BCUT2D eigenvalue weighted by molar-refractivity contribution is 7.92. The highest BCUT2D eigenvalue weighted by Gasteiger charge is 2.27. The summed E-state index contributed by atoms with van der Waals surface area (Å²) < 4.78 is 28.0. The molecule has 3 aromatic carbocycles. The van der Waals surface area contributed by atoms with Crippen molar-refractivity contribution in [2.24, 2.45) is 0 Å². The first-order valence-electron chi connectivity index (χ1n) is 10.4. The summed E-state index contributed by atoms with van der Waals surface area (Å²) >= 11 is 5.93. The first kappa shape index (κ1) is 23.8. The van der Waals surface area contributed by atoms with Gasteiger partial charge in [0.05, 0.1) is 16.6 Å². The summed E-state index contributed by atoms with van der Waals surface area (Å²) in [7, 11) is -3.98. The Hall–Kier alpha value is -2.83. The maximum absolute atomic E-state index is 13.4. The summed E-state index contributed by atoms with van der Waals surface area (Å²) in [6, 6.07) is 20.7. The Kier molecular flexibility index (Phi) is 7.59. The van der Waals surface area contributed by atoms with Gasteiger partial charge in [0.25, 0.3) is 10.0 Å². The zero-order chi connectivity index (χ0) is 23.3. The molecule has 1 amide bonds. The van der Waals surface area contributed by atoms with Gasteiger partial charge in [-0.1, -0.05) is 54.9 Å². The minimum Gasteiger partial charge on any atom is -0.348 e. The maximum Gasteiger partial charge on any atom is 0.264 e. The van der Waals surface area contributed by atoms with E-state index in [-0.39, 0.29) is 17.5 Å². The number of nitrogens with zero attached hydrogens (tertiary/aromatic N) is 1. The average Bonchev–Trinajstić information content (AvgIpc) is 2.77. The zero-order valence-electron chi connectivity index (χ0n) is 18.4. The molecule has 0 heterocycles. The summed E-state index contributed by atoms with van der Waals surface area (Å²) in [6.45, 7) is 5.50. The first-order valence-corrected chi connectivity index (χ1v) is 12.3. The predicted octanol–water partition coefficient (Wildman–Crippen LogP) is 5.28. The molecule has 7 heteroatoms. The Labute approximate surface area is 195 Å². The number of nitrogens with one attached hydrogen (secondary N) is 1. The van der Waals surface area contributed by atoms with Crippen molar-refractivity contribution >= 4 is 33.2 Å². The molecule has 0 unspecified atom stereocenters. The van der Waals surface area contributed by atoms with Crippen molar-refractivity contribution in [2.75, 3.05) is 10.8 Å². The number of hydrogen-bond acceptors (Lipinski definition) is 3. The van der Waals surface area contributed by atoms with Gasteiger partial charge in [-0.2, -0.15) is 0 Å². The zero-order valence-corrected chi connectivity index (χ0v) is 20.0. The molecule has 0 fully saturated rings. The monoisotopic (exact) mass is 470 g/mol. The fraction of sp³-hybridized carbons (Fsp3) is 0.240. The Morgan fingerprint density at radius 1 is 1.03 bits per heavy atom. The van der Waals surface area contributed by atoms with Crippen LogP contribution in [0.15, 0.2) is 77.7 Å². The van der Waals surface area contributed by atoms with Crippen LogP contribution in [0.3, 0.4) is 0 Å². The summed E-state index contributed by atoms with van der Waals surface area (Å²) in [5.74, 6) is -0.392. The smallest absolute Gasteiger partial charge is 0.264 e. The summed E-state index contributed by atoms with van der Waals surface area (Å²) in [5, 5.41) is 3.35. The van der Waals surface area contributed by atoms with Gasteiger partial charge in [0.1, 0.15) is 6.54 Å². The van der Waals surface area contributed by atoms with Crippen LogP contribution < -0.4 is 9.62 Å². The summed E-state index contributed by atoms with van der Waals surface area (Å²) in [6.07, 6.45) is 0.940. The Morgan fingerprint density at radius 3 is 2.28 bits per heavy atom. The third-order valence-corrected chi connectivity index (χ3v) is 7.28. The second kappa shape index (κ2) is 10.2. The lowest BCUT2D eigenvalue weighted by molar-refractivity contribution is -0.120. The van der Waals surface area contributed by atoms with E-state index < -0.39 is 15.9 Å². The van der Waals surface area contributed by atoms with Crippen LogP contribution in [0, 0.1) is 6.92 Å². The molecule has 0 saturated carbocycles. The van der Waals surface area contributed by atoms with Crippen molar-refractivity contribution in [1.29, 1.82) is 0 Å². The van der Waals surface area contributed by atoms with Crippen LogP contribution >= 0.6 is 11.6 Å². The fourth-order valence-electron chi connectivity index (χ4n) is 3.37. The first-order chi connectivity index (χ1) is 15.2. The van der Waals surface area contributed by atoms with Gasteiger partial charge >= 0.3 is 0 Å². The molecular weight excluding hydrogens is 444 g/mol. The molecule has 0 radical (unpaired) electrons. The SMILES string of the molecule is CCc1ccc([C@@H](C)NC(=O)CN(c2cccc(C)c2)S(=O)(=O)c2ccc(Cl)cc2)cc1. The molecule has 5 nitrogen and oxygen atoms in total. The number of rotatable bonds is 8. The molecule has 0 aromatic heterocycles. The highest BCUT2D eigenvalue weighted by Crippen LogP contribution is 2.25. The number of aryl methyl sites for hydroxylation is 2. The van der Waals surface area contributed by atoms with E-state index in [2.05, 4.69) is 12.2 Å². The normalized spacial score (nSPS) is 12.2. The van der Waals surface area contributed by atoms with Gasteiger partial charge < -0.3 is 5.32 Å². The second-order valence-electron chi connectivity index (χ2n) is 7.69. The highest BCUT2D eigenvalue weighted by atomic mass is 35.5. The van der Waals surface area contributed by atoms with Crippen molar-refractivity contribution in [1.82, 2.24) is 5.32 Å². The van der Waals surface area contributed by atoms with Gasteiger partial charge in [0.15, 0.2) is 0 Å². The minimum atomic E-state index is -3.98. The molecule has 3 rings (SSSR count). The fourth-order valence-corrected chi connectivity index (χ4v) is 4.91. The van der Waals surface area contributed by atoms with E-state index in [0.29, 0.717) is 10.7 Å². The predicted molar refractivity (Wildman–Crippen MR) is 130 cm³/mol. The van der Waals surface area contributed by atoms with Crippen molar-refractivity contribution in [2.45, 2.75) is 38.1 Å². The molecule has 0 bridgehead atoms. The third-order valence-electron chi connectivity index (χ3n) is 5.24. The van der Waals surface area contributed by atoms with Gasteiger partial charge in [0, 0.05) is 5.02 Å². The number of benzene rings is 3. The van der Waals surface area contributed by atoms with Gasteiger partial charge in [-0.15, -0.1) is 0 Å². The lowest BCUT2D eigenvalue weighted by Gasteiger charge is -2.25. The lowest BCUT2D eigenvalue weighted by Crippen LogP contribution is -2.41. The van der Waals surface area contributed by atoms with Crippen molar-refractivity contribution < 1.29 is 13.2 Å². The number of amides is 1. The van der Waals surface area contributed by atoms with E-state index in [4.69, 9.17) is 11.6 Å². The number of halogens is 1. The van der Waals surface area contributed by atoms with E-state index in [1.165, 1.54) is 29.8 Å². The van der Waals surface area contributed by atoms with Gasteiger partial charge in [-0.25, -0.2) is 8.42 Å². The standard InChI is InChI=1S/C25H27ClN2O3S/c1-4-20-8-10-21(11-9-20)19(3)27-25(29)17-28(23-7-5-6-18(2)16-23)32(30,31)24-14-12-22(26)13-15-24/h5-16,19H,4,17H2,1-3H3,(H,27,29)/t19-/m1/s1. The molecule has 0 aliphatic carbocycles. The summed E-state index contributed by atoms with van der Waals surface area (Å²) in [5.41, 5.74) is 3.49. The van der Waals surface area contributed by atoms with E-state index >= 15 is 0 Å². The Balaban J connectivity index is 1.86. The van der Waals surface area contributed by atoms with Crippen molar-refractivity contribution in [3.63, 3.8) is 0 Å². The topological polar surface area (TPSA) is 66.5 Å². The maximum atomic E-state index is 13.4. The van der Waals surface area contributed by atoms with E-state index in [1.807, 2.05) is 44.2 Å². The van der Waals surface area contributed by atoms with E-state index in [1.54, 1.807) is 18.2 Å². The van der Waals surface area contributed by atoms with Crippen LogP contribution in [0.2, 0.25) is 5.02 Å². The Bertz CT molecular complexity index is 1180. The van der Waals surface area contributed by atoms with Gasteiger partial charge in [0.2, 0.25) is 5.91 Å². The lowest BCUT2D eigenvalue weighted by atomic mass is 10.1. The average molecular weight is 471 g/mol. The van der Waals surface area contributed by atoms with Crippen LogP contribution in [-0.2, 0) is 21.2 Å². The van der Waals surface area contributed by atoms with Crippen LogP contribution in [-0.4, -0.2) is 20.9 Å². The van der Waals surface area contributed by atoms with E-state index in [9.17, 15) is 13.2 Å². The molecule has 3 aromatic rings. The number of anilines is 1. The molecule has 0 saturated heterocycles. The number of hydrogen-bond donors (Lipinski definition) is 1. The van der Waals surface area contributed by atoms with Gasteiger partial charge in [-0.3, -0.25) is 9.10 Å². The Morgan fingerprint density at radius 2 is 1.69 bits per heavy atom. The third kappa shape index (κ3) is 5.69. The van der Waals surface area contributed by atoms with Crippen LogP contribution in [0.1, 0.15) is 36.6 Å². The molecule has 0 aliphatic rings. The molecular formula is C25H27ClN2O3S. The van der Waals surface area contributed by atoms with Crippen molar-refractivity contribution in [3.05, 3.63) is 94.5 Å². The van der Waals surface area contributed by atoms with Crippen molar-refractivity contribution in [3.8, 4) is 0 Å². The largest absolute Gasteiger partial charge is 0.348 e. The summed E-state index contributed by atoms with van der Waals surface area (Å²) in [4.78, 5) is 13.0. The minimum absolute atomic E-state index is 0.0689. The molecule has 168 valence electrons. The van der Waals surface area contributed by atoms with Crippen LogP contribution in [0.4, 0.5) is 5.69 Å². The van der Waals surface area contributed by atoms with E-state index in [0.717, 1.165) is 21.9 Å². The molecule has 0 spiro atoms. The van der Waals surface area contributed by atoms with Crippen LogP contribution in [0.25, 0.3) is 0 Å². The quantitative estimate of drug-likeness (QED) is 0.486.